The summed E-state index contributed by atoms with van der Waals surface area (Å²) < 4.78 is 44.6. The quantitative estimate of drug-likeness (QED) is 0.861. The minimum atomic E-state index is -4.33. The van der Waals surface area contributed by atoms with E-state index < -0.39 is 11.7 Å². The monoisotopic (exact) mass is 348 g/mol. The molecule has 0 bridgehead atoms. The molecule has 0 saturated carbocycles. The molecular weight excluding hydrogens is 329 g/mol. The fraction of sp³-hybridized carbons (Fsp3) is 0.368. The highest BCUT2D eigenvalue weighted by atomic mass is 19.4. The minimum Gasteiger partial charge on any atom is -0.365 e. The van der Waals surface area contributed by atoms with Crippen LogP contribution in [0.1, 0.15) is 29.5 Å². The third-order valence-corrected chi connectivity index (χ3v) is 5.06. The van der Waals surface area contributed by atoms with Crippen LogP contribution in [0.25, 0.3) is 0 Å². The highest BCUT2D eigenvalue weighted by molar-refractivity contribution is 5.46. The van der Waals surface area contributed by atoms with Crippen molar-refractivity contribution in [3.8, 4) is 0 Å². The van der Waals surface area contributed by atoms with Crippen molar-refractivity contribution in [2.24, 2.45) is 0 Å². The Morgan fingerprint density at radius 1 is 1.00 bits per heavy atom. The van der Waals surface area contributed by atoms with Crippen molar-refractivity contribution in [1.82, 2.24) is 5.01 Å². The molecule has 132 valence electrons. The second-order valence-electron chi connectivity index (χ2n) is 6.62. The molecule has 1 spiro atoms. The molecule has 1 saturated heterocycles. The Balaban J connectivity index is 1.44. The van der Waals surface area contributed by atoms with Crippen molar-refractivity contribution in [2.45, 2.75) is 31.2 Å². The van der Waals surface area contributed by atoms with Gasteiger partial charge in [-0.1, -0.05) is 30.3 Å². The third-order valence-electron chi connectivity index (χ3n) is 5.06. The largest absolute Gasteiger partial charge is 0.416 e. The van der Waals surface area contributed by atoms with Gasteiger partial charge in [0.1, 0.15) is 0 Å². The first-order valence-corrected chi connectivity index (χ1v) is 8.38. The van der Waals surface area contributed by atoms with Crippen molar-refractivity contribution in [1.29, 1.82) is 0 Å². The van der Waals surface area contributed by atoms with E-state index in [2.05, 4.69) is 17.6 Å². The Bertz CT molecular complexity index is 767. The van der Waals surface area contributed by atoms with Crippen LogP contribution in [-0.2, 0) is 23.1 Å². The van der Waals surface area contributed by atoms with Gasteiger partial charge in [0.15, 0.2) is 0 Å². The van der Waals surface area contributed by atoms with E-state index in [-0.39, 0.29) is 5.60 Å². The summed E-state index contributed by atoms with van der Waals surface area (Å²) in [5, 5.41) is 1.96. The molecule has 2 aliphatic rings. The Morgan fingerprint density at radius 3 is 2.52 bits per heavy atom. The number of benzene rings is 2. The van der Waals surface area contributed by atoms with E-state index in [1.54, 1.807) is 6.07 Å². The van der Waals surface area contributed by atoms with Gasteiger partial charge in [-0.3, -0.25) is 0 Å². The summed E-state index contributed by atoms with van der Waals surface area (Å²) in [6.45, 7) is 2.06. The van der Waals surface area contributed by atoms with E-state index in [4.69, 9.17) is 4.74 Å². The van der Waals surface area contributed by atoms with Crippen LogP contribution in [0.4, 0.5) is 18.9 Å². The van der Waals surface area contributed by atoms with Crippen LogP contribution in [0.2, 0.25) is 0 Å². The maximum absolute atomic E-state index is 12.8. The van der Waals surface area contributed by atoms with E-state index in [1.807, 2.05) is 17.1 Å². The highest BCUT2D eigenvalue weighted by Crippen LogP contribution is 2.44. The van der Waals surface area contributed by atoms with Gasteiger partial charge < -0.3 is 10.2 Å². The van der Waals surface area contributed by atoms with Gasteiger partial charge >= 0.3 is 6.18 Å². The summed E-state index contributed by atoms with van der Waals surface area (Å²) in [6.07, 6.45) is -2.70. The first-order valence-electron chi connectivity index (χ1n) is 8.38. The van der Waals surface area contributed by atoms with Crippen LogP contribution in [0.15, 0.2) is 48.5 Å². The normalized spacial score (nSPS) is 19.8. The molecule has 2 aromatic rings. The molecule has 0 amide bonds. The van der Waals surface area contributed by atoms with E-state index in [0.717, 1.165) is 25.0 Å². The molecule has 1 N–H and O–H groups in total. The SMILES string of the molecule is FC(F)(F)c1cccc(NN2CCC3(CC2)OCc2ccccc23)c1. The predicted molar refractivity (Wildman–Crippen MR) is 88.8 cm³/mol. The number of piperidine rings is 1. The lowest BCUT2D eigenvalue weighted by Crippen LogP contribution is -2.44. The fourth-order valence-corrected chi connectivity index (χ4v) is 3.73. The molecule has 4 rings (SSSR count). The lowest BCUT2D eigenvalue weighted by atomic mass is 9.84. The van der Waals surface area contributed by atoms with E-state index >= 15 is 0 Å². The van der Waals surface area contributed by atoms with Gasteiger partial charge in [-0.05, 0) is 42.2 Å². The number of ether oxygens (including phenoxy) is 1. The summed E-state index contributed by atoms with van der Waals surface area (Å²) in [5.41, 5.74) is 5.17. The summed E-state index contributed by atoms with van der Waals surface area (Å²) >= 11 is 0. The van der Waals surface area contributed by atoms with Gasteiger partial charge in [0.05, 0.1) is 17.8 Å². The van der Waals surface area contributed by atoms with Gasteiger partial charge in [0, 0.05) is 18.8 Å². The maximum Gasteiger partial charge on any atom is 0.416 e. The van der Waals surface area contributed by atoms with Crippen molar-refractivity contribution in [2.75, 3.05) is 18.5 Å². The number of nitrogens with one attached hydrogen (secondary N) is 1. The number of halogens is 3. The number of rotatable bonds is 2. The lowest BCUT2D eigenvalue weighted by Gasteiger charge is -2.39. The standard InChI is InChI=1S/C19H19F3N2O/c20-19(21,22)15-5-3-6-16(12-15)23-24-10-8-18(9-11-24)17-7-2-1-4-14(17)13-25-18/h1-7,12,23H,8-11,13H2. The number of alkyl halides is 3. The summed E-state index contributed by atoms with van der Waals surface area (Å²) in [5.74, 6) is 0. The number of fused-ring (bicyclic) bond motifs is 2. The highest BCUT2D eigenvalue weighted by Gasteiger charge is 2.42. The second-order valence-corrected chi connectivity index (χ2v) is 6.62. The van der Waals surface area contributed by atoms with Gasteiger partial charge in [0.25, 0.3) is 0 Å². The molecule has 0 aliphatic carbocycles. The van der Waals surface area contributed by atoms with Gasteiger partial charge in [0.2, 0.25) is 0 Å². The Kier molecular flexibility index (Phi) is 3.96. The molecular formula is C19H19F3N2O. The first kappa shape index (κ1) is 16.4. The molecule has 2 aromatic carbocycles. The predicted octanol–water partition coefficient (Wildman–Crippen LogP) is 4.55. The lowest BCUT2D eigenvalue weighted by molar-refractivity contribution is -0.137. The van der Waals surface area contributed by atoms with Gasteiger partial charge in [-0.25, -0.2) is 5.01 Å². The van der Waals surface area contributed by atoms with Crippen molar-refractivity contribution >= 4 is 5.69 Å². The number of hydrogen-bond donors (Lipinski definition) is 1. The van der Waals surface area contributed by atoms with Crippen LogP contribution in [-0.4, -0.2) is 18.1 Å². The first-order chi connectivity index (χ1) is 12.0. The van der Waals surface area contributed by atoms with Gasteiger partial charge in [-0.2, -0.15) is 13.2 Å². The van der Waals surface area contributed by atoms with E-state index in [1.165, 1.54) is 17.2 Å². The van der Waals surface area contributed by atoms with Crippen LogP contribution in [0.5, 0.6) is 0 Å². The van der Waals surface area contributed by atoms with Crippen LogP contribution in [0.3, 0.4) is 0 Å². The number of anilines is 1. The molecule has 6 heteroatoms. The Hall–Kier alpha value is -2.05. The molecule has 25 heavy (non-hydrogen) atoms. The number of nitrogens with zero attached hydrogens (tertiary/aromatic N) is 1. The zero-order valence-electron chi connectivity index (χ0n) is 13.6. The summed E-state index contributed by atoms with van der Waals surface area (Å²) in [4.78, 5) is 0. The molecule has 0 radical (unpaired) electrons. The molecule has 0 unspecified atom stereocenters. The Labute approximate surface area is 144 Å². The van der Waals surface area contributed by atoms with Crippen molar-refractivity contribution < 1.29 is 17.9 Å². The minimum absolute atomic E-state index is 0.247. The Morgan fingerprint density at radius 2 is 1.76 bits per heavy atom. The van der Waals surface area contributed by atoms with Crippen LogP contribution < -0.4 is 5.43 Å². The fourth-order valence-electron chi connectivity index (χ4n) is 3.73. The zero-order valence-corrected chi connectivity index (χ0v) is 13.6. The third kappa shape index (κ3) is 3.12. The average Bonchev–Trinajstić information content (AvgIpc) is 2.96. The van der Waals surface area contributed by atoms with Crippen molar-refractivity contribution in [3.05, 3.63) is 65.2 Å². The topological polar surface area (TPSA) is 24.5 Å². The molecule has 2 aliphatic heterocycles. The zero-order chi connectivity index (χ0) is 17.5. The van der Waals surface area contributed by atoms with Gasteiger partial charge in [-0.15, -0.1) is 0 Å². The smallest absolute Gasteiger partial charge is 0.365 e. The molecule has 2 heterocycles. The molecule has 3 nitrogen and oxygen atoms in total. The number of hydrazine groups is 1. The second kappa shape index (κ2) is 6.04. The molecule has 0 atom stereocenters. The van der Waals surface area contributed by atoms with E-state index in [0.29, 0.717) is 25.4 Å². The van der Waals surface area contributed by atoms with E-state index in [9.17, 15) is 13.2 Å². The van der Waals surface area contributed by atoms with Crippen molar-refractivity contribution in [3.63, 3.8) is 0 Å². The number of hydrogen-bond acceptors (Lipinski definition) is 3. The molecule has 0 aromatic heterocycles. The van der Waals surface area contributed by atoms with Crippen LogP contribution in [0, 0.1) is 0 Å². The summed E-state index contributed by atoms with van der Waals surface area (Å²) in [6, 6.07) is 13.6. The average molecular weight is 348 g/mol. The van der Waals surface area contributed by atoms with Crippen LogP contribution >= 0.6 is 0 Å². The summed E-state index contributed by atoms with van der Waals surface area (Å²) in [7, 11) is 0. The maximum atomic E-state index is 12.8. The molecule has 1 fully saturated rings.